The number of carbonyl (C=O) groups excluding carboxylic acids is 1. The molecule has 1 aromatic carbocycles. The number of carbonyl (C=O) groups is 1. The second-order valence-corrected chi connectivity index (χ2v) is 7.57. The van der Waals surface area contributed by atoms with Gasteiger partial charge in [0, 0.05) is 6.20 Å². The summed E-state index contributed by atoms with van der Waals surface area (Å²) in [6.45, 7) is 6.77. The number of hydrogen-bond acceptors (Lipinski definition) is 6. The predicted molar refractivity (Wildman–Crippen MR) is 106 cm³/mol. The van der Waals surface area contributed by atoms with Gasteiger partial charge in [-0.05, 0) is 36.8 Å². The number of anilines is 1. The molecule has 0 bridgehead atoms. The Kier molecular flexibility index (Phi) is 6.23. The molecule has 1 amide bonds. The average Bonchev–Trinajstić information content (AvgIpc) is 3.26. The van der Waals surface area contributed by atoms with E-state index in [9.17, 15) is 4.79 Å². The van der Waals surface area contributed by atoms with Crippen molar-refractivity contribution in [1.29, 1.82) is 0 Å². The third-order valence-electron chi connectivity index (χ3n) is 3.90. The van der Waals surface area contributed by atoms with Gasteiger partial charge in [0.05, 0.1) is 36.0 Å². The van der Waals surface area contributed by atoms with Crippen molar-refractivity contribution in [1.82, 2.24) is 30.0 Å². The van der Waals surface area contributed by atoms with Crippen LogP contribution in [0.5, 0.6) is 0 Å². The first kappa shape index (κ1) is 19.1. The number of hydrogen-bond donors (Lipinski definition) is 1. The first-order valence-corrected chi connectivity index (χ1v) is 9.89. The van der Waals surface area contributed by atoms with E-state index in [0.29, 0.717) is 23.7 Å². The van der Waals surface area contributed by atoms with Crippen LogP contribution in [0.2, 0.25) is 0 Å². The number of aryl methyl sites for hydroxylation is 1. The fraction of sp³-hybridized carbons (Fsp3) is 0.389. The minimum atomic E-state index is -0.0709. The topological polar surface area (TPSA) is 90.5 Å². The first-order chi connectivity index (χ1) is 13.0. The summed E-state index contributed by atoms with van der Waals surface area (Å²) in [5.74, 6) is 1.62. The van der Waals surface area contributed by atoms with Crippen LogP contribution in [0.15, 0.2) is 36.7 Å². The van der Waals surface area contributed by atoms with Crippen LogP contribution in [0, 0.1) is 6.92 Å². The van der Waals surface area contributed by atoms with Crippen molar-refractivity contribution in [2.24, 2.45) is 0 Å². The quantitative estimate of drug-likeness (QED) is 0.641. The van der Waals surface area contributed by atoms with Crippen molar-refractivity contribution >= 4 is 23.4 Å². The number of benzene rings is 1. The highest BCUT2D eigenvalue weighted by Gasteiger charge is 2.11. The molecule has 3 aromatic rings. The summed E-state index contributed by atoms with van der Waals surface area (Å²) in [4.78, 5) is 12.1. The van der Waals surface area contributed by atoms with Crippen LogP contribution in [0.4, 0.5) is 5.69 Å². The maximum atomic E-state index is 12.1. The van der Waals surface area contributed by atoms with Gasteiger partial charge in [0.25, 0.3) is 0 Å². The molecular weight excluding hydrogens is 362 g/mol. The molecule has 8 nitrogen and oxygen atoms in total. The van der Waals surface area contributed by atoms with Gasteiger partial charge in [0.1, 0.15) is 0 Å². The lowest BCUT2D eigenvalue weighted by Crippen LogP contribution is -2.14. The van der Waals surface area contributed by atoms with Crippen LogP contribution < -0.4 is 5.32 Å². The van der Waals surface area contributed by atoms with E-state index in [1.807, 2.05) is 24.7 Å². The highest BCUT2D eigenvalue weighted by Crippen LogP contribution is 2.14. The smallest absolute Gasteiger partial charge is 0.234 e. The predicted octanol–water partition coefficient (Wildman–Crippen LogP) is 2.68. The third-order valence-corrected chi connectivity index (χ3v) is 4.83. The standard InChI is InChI=1S/C18H23N7OS/c1-13(2)25-17(21-22-23-25)11-27-12-18(26)20-16-8-19-24(10-16)9-15-6-4-14(3)5-7-15/h4-8,10,13H,9,11-12H2,1-3H3,(H,20,26). The zero-order valence-electron chi connectivity index (χ0n) is 15.7. The molecule has 2 heterocycles. The minimum Gasteiger partial charge on any atom is -0.323 e. The molecule has 0 radical (unpaired) electrons. The molecule has 0 saturated heterocycles. The Hall–Kier alpha value is -2.68. The van der Waals surface area contributed by atoms with Gasteiger partial charge in [-0.2, -0.15) is 5.10 Å². The fourth-order valence-electron chi connectivity index (χ4n) is 2.54. The largest absolute Gasteiger partial charge is 0.323 e. The molecular formula is C18H23N7OS. The first-order valence-electron chi connectivity index (χ1n) is 8.73. The van der Waals surface area contributed by atoms with E-state index in [4.69, 9.17) is 0 Å². The number of aromatic nitrogens is 6. The summed E-state index contributed by atoms with van der Waals surface area (Å²) in [6.07, 6.45) is 3.50. The molecule has 0 aliphatic carbocycles. The van der Waals surface area contributed by atoms with Crippen molar-refractivity contribution in [3.05, 3.63) is 53.6 Å². The summed E-state index contributed by atoms with van der Waals surface area (Å²) in [5.41, 5.74) is 3.09. The molecule has 0 spiro atoms. The van der Waals surface area contributed by atoms with Crippen molar-refractivity contribution in [2.45, 2.75) is 39.1 Å². The Bertz CT molecular complexity index is 885. The van der Waals surface area contributed by atoms with Crippen molar-refractivity contribution in [3.63, 3.8) is 0 Å². The second kappa shape index (κ2) is 8.81. The third kappa shape index (κ3) is 5.40. The summed E-state index contributed by atoms with van der Waals surface area (Å²) >= 11 is 1.48. The van der Waals surface area contributed by atoms with Gasteiger partial charge >= 0.3 is 0 Å². The van der Waals surface area contributed by atoms with E-state index in [0.717, 1.165) is 5.82 Å². The molecule has 0 aliphatic heterocycles. The lowest BCUT2D eigenvalue weighted by atomic mass is 10.1. The monoisotopic (exact) mass is 385 g/mol. The normalized spacial score (nSPS) is 11.1. The van der Waals surface area contributed by atoms with E-state index in [-0.39, 0.29) is 11.9 Å². The number of nitrogens with zero attached hydrogens (tertiary/aromatic N) is 6. The Morgan fingerprint density at radius 2 is 2.04 bits per heavy atom. The lowest BCUT2D eigenvalue weighted by Gasteiger charge is -2.07. The van der Waals surface area contributed by atoms with Crippen molar-refractivity contribution in [2.75, 3.05) is 11.1 Å². The van der Waals surface area contributed by atoms with E-state index in [1.165, 1.54) is 22.9 Å². The van der Waals surface area contributed by atoms with Gasteiger partial charge in [-0.15, -0.1) is 16.9 Å². The Labute approximate surface area is 162 Å². The maximum Gasteiger partial charge on any atom is 0.234 e. The summed E-state index contributed by atoms with van der Waals surface area (Å²) in [5, 5.41) is 18.8. The van der Waals surface area contributed by atoms with Crippen LogP contribution in [-0.2, 0) is 17.1 Å². The summed E-state index contributed by atoms with van der Waals surface area (Å²) in [6, 6.07) is 8.51. The van der Waals surface area contributed by atoms with E-state index in [1.54, 1.807) is 10.9 Å². The summed E-state index contributed by atoms with van der Waals surface area (Å²) < 4.78 is 3.57. The molecule has 142 valence electrons. The number of rotatable bonds is 8. The highest BCUT2D eigenvalue weighted by molar-refractivity contribution is 7.99. The molecule has 2 aromatic heterocycles. The number of amides is 1. The average molecular weight is 385 g/mol. The van der Waals surface area contributed by atoms with Gasteiger partial charge in [-0.25, -0.2) is 4.68 Å². The molecule has 3 rings (SSSR count). The lowest BCUT2D eigenvalue weighted by molar-refractivity contribution is -0.113. The Morgan fingerprint density at radius 1 is 1.26 bits per heavy atom. The number of thioether (sulfide) groups is 1. The highest BCUT2D eigenvalue weighted by atomic mass is 32.2. The Balaban J connectivity index is 1.46. The van der Waals surface area contributed by atoms with Gasteiger partial charge in [-0.3, -0.25) is 9.48 Å². The van der Waals surface area contributed by atoms with E-state index < -0.39 is 0 Å². The molecule has 9 heteroatoms. The molecule has 1 N–H and O–H groups in total. The maximum absolute atomic E-state index is 12.1. The second-order valence-electron chi connectivity index (χ2n) is 6.59. The minimum absolute atomic E-state index is 0.0709. The molecule has 0 atom stereocenters. The Morgan fingerprint density at radius 3 is 2.78 bits per heavy atom. The van der Waals surface area contributed by atoms with Crippen LogP contribution in [0.1, 0.15) is 36.8 Å². The fourth-order valence-corrected chi connectivity index (χ4v) is 3.27. The zero-order valence-corrected chi connectivity index (χ0v) is 16.5. The van der Waals surface area contributed by atoms with Gasteiger partial charge in [-0.1, -0.05) is 29.8 Å². The van der Waals surface area contributed by atoms with E-state index >= 15 is 0 Å². The van der Waals surface area contributed by atoms with Gasteiger partial charge < -0.3 is 5.32 Å². The molecule has 0 saturated carbocycles. The van der Waals surface area contributed by atoms with Crippen molar-refractivity contribution < 1.29 is 4.79 Å². The zero-order chi connectivity index (χ0) is 19.2. The number of tetrazole rings is 1. The van der Waals surface area contributed by atoms with Crippen LogP contribution in [0.3, 0.4) is 0 Å². The van der Waals surface area contributed by atoms with Gasteiger partial charge in [0.15, 0.2) is 5.82 Å². The van der Waals surface area contributed by atoms with E-state index in [2.05, 4.69) is 57.1 Å². The van der Waals surface area contributed by atoms with Crippen LogP contribution in [0.25, 0.3) is 0 Å². The molecule has 0 fully saturated rings. The van der Waals surface area contributed by atoms with Crippen LogP contribution >= 0.6 is 11.8 Å². The SMILES string of the molecule is Cc1ccc(Cn2cc(NC(=O)CSCc3nnnn3C(C)C)cn2)cc1. The van der Waals surface area contributed by atoms with Crippen molar-refractivity contribution in [3.8, 4) is 0 Å². The van der Waals surface area contributed by atoms with Crippen LogP contribution in [-0.4, -0.2) is 41.6 Å². The molecule has 27 heavy (non-hydrogen) atoms. The molecule has 0 aliphatic rings. The summed E-state index contributed by atoms with van der Waals surface area (Å²) in [7, 11) is 0. The number of nitrogens with one attached hydrogen (secondary N) is 1. The molecule has 0 unspecified atom stereocenters. The van der Waals surface area contributed by atoms with Gasteiger partial charge in [0.2, 0.25) is 5.91 Å².